The van der Waals surface area contributed by atoms with E-state index in [9.17, 15) is 19.2 Å². The molecule has 0 saturated heterocycles. The Bertz CT molecular complexity index is 866. The van der Waals surface area contributed by atoms with Crippen LogP contribution in [-0.4, -0.2) is 56.5 Å². The molecular weight excluding hydrogens is 458 g/mol. The van der Waals surface area contributed by atoms with E-state index in [0.717, 1.165) is 0 Å². The van der Waals surface area contributed by atoms with Gasteiger partial charge in [-0.3, -0.25) is 14.4 Å². The third kappa shape index (κ3) is 10.8. The summed E-state index contributed by atoms with van der Waals surface area (Å²) in [6.45, 7) is 10.7. The van der Waals surface area contributed by atoms with Gasteiger partial charge in [0.25, 0.3) is 0 Å². The van der Waals surface area contributed by atoms with Crippen LogP contribution >= 0.6 is 0 Å². The average Bonchev–Trinajstić information content (AvgIpc) is 2.80. The summed E-state index contributed by atoms with van der Waals surface area (Å²) in [5.41, 5.74) is 0.625. The number of methoxy groups -OCH3 is 1. The maximum atomic E-state index is 12.4. The minimum atomic E-state index is -0.782. The van der Waals surface area contributed by atoms with Crippen molar-refractivity contribution in [2.24, 2.45) is 11.8 Å². The van der Waals surface area contributed by atoms with E-state index in [1.54, 1.807) is 46.8 Å². The van der Waals surface area contributed by atoms with Gasteiger partial charge in [0.1, 0.15) is 12.1 Å². The molecule has 0 aromatic heterocycles. The monoisotopic (exact) mass is 495 g/mol. The Hall–Kier alpha value is -3.14. The lowest BCUT2D eigenvalue weighted by atomic mass is 10.0. The van der Waals surface area contributed by atoms with Crippen LogP contribution in [0.1, 0.15) is 53.5 Å². The second kappa shape index (κ2) is 15.0. The van der Waals surface area contributed by atoms with Crippen LogP contribution in [0.3, 0.4) is 0 Å². The molecule has 0 aliphatic heterocycles. The van der Waals surface area contributed by atoms with Gasteiger partial charge in [-0.05, 0) is 37.5 Å². The molecule has 1 aromatic carbocycles. The van der Waals surface area contributed by atoms with Gasteiger partial charge in [0.15, 0.2) is 11.5 Å². The van der Waals surface area contributed by atoms with Crippen molar-refractivity contribution in [3.63, 3.8) is 0 Å². The first-order valence-corrected chi connectivity index (χ1v) is 11.7. The lowest BCUT2D eigenvalue weighted by Gasteiger charge is -2.20. The summed E-state index contributed by atoms with van der Waals surface area (Å²) in [5.74, 6) is -2.08. The molecule has 0 aliphatic rings. The van der Waals surface area contributed by atoms with E-state index in [4.69, 9.17) is 23.7 Å². The highest BCUT2D eigenvalue weighted by Gasteiger charge is 2.23. The third-order valence-electron chi connectivity index (χ3n) is 4.67. The normalized spacial score (nSPS) is 12.6. The summed E-state index contributed by atoms with van der Waals surface area (Å²) in [4.78, 5) is 48.3. The minimum absolute atomic E-state index is 0.0780. The van der Waals surface area contributed by atoms with E-state index in [0.29, 0.717) is 12.0 Å². The Morgan fingerprint density at radius 3 is 2.03 bits per heavy atom. The van der Waals surface area contributed by atoms with Crippen LogP contribution in [0.2, 0.25) is 0 Å². The Morgan fingerprint density at radius 2 is 1.49 bits per heavy atom. The molecule has 1 N–H and O–H groups in total. The van der Waals surface area contributed by atoms with E-state index in [2.05, 4.69) is 5.32 Å². The van der Waals surface area contributed by atoms with Crippen LogP contribution in [-0.2, 0) is 35.0 Å². The second-order valence-electron chi connectivity index (χ2n) is 8.65. The quantitative estimate of drug-likeness (QED) is 0.321. The highest BCUT2D eigenvalue weighted by Crippen LogP contribution is 2.30. The van der Waals surface area contributed by atoms with Crippen LogP contribution in [0, 0.1) is 11.8 Å². The van der Waals surface area contributed by atoms with Crippen molar-refractivity contribution in [2.45, 2.75) is 66.5 Å². The van der Waals surface area contributed by atoms with Crippen molar-refractivity contribution in [2.75, 3.05) is 20.3 Å². The number of benzene rings is 1. The summed E-state index contributed by atoms with van der Waals surface area (Å²) in [6, 6.07) is 3.94. The van der Waals surface area contributed by atoms with E-state index in [1.807, 2.05) is 6.92 Å². The Balaban J connectivity index is 3.01. The summed E-state index contributed by atoms with van der Waals surface area (Å²) in [5, 5.41) is 3.02. The van der Waals surface area contributed by atoms with Crippen LogP contribution < -0.4 is 14.8 Å². The van der Waals surface area contributed by atoms with Crippen molar-refractivity contribution in [1.82, 2.24) is 5.32 Å². The summed E-state index contributed by atoms with van der Waals surface area (Å²) in [7, 11) is 1.27. The number of esters is 3. The van der Waals surface area contributed by atoms with Gasteiger partial charge in [0.05, 0.1) is 25.6 Å². The fourth-order valence-electron chi connectivity index (χ4n) is 2.65. The van der Waals surface area contributed by atoms with Crippen molar-refractivity contribution in [3.8, 4) is 11.5 Å². The van der Waals surface area contributed by atoms with Crippen LogP contribution in [0.5, 0.6) is 11.5 Å². The number of carbonyl (C=O) groups is 4. The van der Waals surface area contributed by atoms with Crippen LogP contribution in [0.4, 0.5) is 4.79 Å². The molecule has 10 heteroatoms. The van der Waals surface area contributed by atoms with E-state index in [-0.39, 0.29) is 37.0 Å². The fraction of sp³-hybridized carbons (Fsp3) is 0.600. The number of ether oxygens (including phenoxy) is 5. The van der Waals surface area contributed by atoms with Crippen LogP contribution in [0.15, 0.2) is 18.2 Å². The maximum Gasteiger partial charge on any atom is 0.508 e. The minimum Gasteiger partial charge on any atom is -0.468 e. The number of nitrogens with one attached hydrogen (secondary N) is 1. The number of rotatable bonds is 13. The molecule has 1 unspecified atom stereocenters. The topological polar surface area (TPSA) is 126 Å². The first-order valence-electron chi connectivity index (χ1n) is 11.7. The molecule has 1 rings (SSSR count). The number of hydrogen-bond acceptors (Lipinski definition) is 10. The second-order valence-corrected chi connectivity index (χ2v) is 8.65. The number of hydrogen-bond donors (Lipinski definition) is 1. The third-order valence-corrected chi connectivity index (χ3v) is 4.67. The summed E-state index contributed by atoms with van der Waals surface area (Å²) in [6.07, 6.45) is -0.494. The van der Waals surface area contributed by atoms with Crippen molar-refractivity contribution < 1.29 is 42.9 Å². The van der Waals surface area contributed by atoms with Gasteiger partial charge in [-0.1, -0.05) is 40.7 Å². The average molecular weight is 496 g/mol. The standard InChI is InChI=1S/C25H37NO9/c1-8-11-32-25(30)33-17(6)14-26-19(24(29)31-7)12-18-9-10-20(34-22(27)15(2)3)21(13-18)35-23(28)16(4)5/h9-10,13,15-17,19,26H,8,11-12,14H2,1-7H3/t17?,19-/m0/s1. The summed E-state index contributed by atoms with van der Waals surface area (Å²) >= 11 is 0. The molecule has 0 bridgehead atoms. The molecule has 0 spiro atoms. The lowest BCUT2D eigenvalue weighted by Crippen LogP contribution is -2.43. The zero-order valence-corrected chi connectivity index (χ0v) is 21.5. The molecule has 2 atom stereocenters. The predicted octanol–water partition coefficient (Wildman–Crippen LogP) is 3.43. The molecule has 0 fully saturated rings. The molecule has 196 valence electrons. The van der Waals surface area contributed by atoms with Gasteiger partial charge in [-0.25, -0.2) is 4.79 Å². The predicted molar refractivity (Wildman–Crippen MR) is 127 cm³/mol. The van der Waals surface area contributed by atoms with E-state index < -0.39 is 42.1 Å². The molecule has 0 radical (unpaired) electrons. The van der Waals surface area contributed by atoms with Crippen molar-refractivity contribution in [1.29, 1.82) is 0 Å². The van der Waals surface area contributed by atoms with Gasteiger partial charge >= 0.3 is 24.1 Å². The molecule has 35 heavy (non-hydrogen) atoms. The first-order chi connectivity index (χ1) is 16.5. The smallest absolute Gasteiger partial charge is 0.468 e. The zero-order valence-electron chi connectivity index (χ0n) is 21.5. The molecule has 0 amide bonds. The van der Waals surface area contributed by atoms with Gasteiger partial charge < -0.3 is 29.0 Å². The molecular formula is C25H37NO9. The zero-order chi connectivity index (χ0) is 26.5. The maximum absolute atomic E-state index is 12.4. The van der Waals surface area contributed by atoms with Crippen molar-refractivity contribution in [3.05, 3.63) is 23.8 Å². The molecule has 0 aliphatic carbocycles. The highest BCUT2D eigenvalue weighted by atomic mass is 16.7. The SMILES string of the molecule is CCCOC(=O)OC(C)CN[C@@H](Cc1ccc(OC(=O)C(C)C)c(OC(=O)C(C)C)c1)C(=O)OC. The first kappa shape index (κ1) is 29.9. The van der Waals surface area contributed by atoms with Gasteiger partial charge in [-0.2, -0.15) is 0 Å². The van der Waals surface area contributed by atoms with Gasteiger partial charge in [0, 0.05) is 6.54 Å². The van der Waals surface area contributed by atoms with Crippen LogP contribution in [0.25, 0.3) is 0 Å². The van der Waals surface area contributed by atoms with Gasteiger partial charge in [0.2, 0.25) is 0 Å². The fourth-order valence-corrected chi connectivity index (χ4v) is 2.65. The van der Waals surface area contributed by atoms with Gasteiger partial charge in [-0.15, -0.1) is 0 Å². The summed E-state index contributed by atoms with van der Waals surface area (Å²) < 4.78 is 25.7. The Morgan fingerprint density at radius 1 is 0.886 bits per heavy atom. The molecule has 10 nitrogen and oxygen atoms in total. The highest BCUT2D eigenvalue weighted by molar-refractivity contribution is 5.78. The largest absolute Gasteiger partial charge is 0.508 e. The molecule has 0 heterocycles. The van der Waals surface area contributed by atoms with E-state index >= 15 is 0 Å². The lowest BCUT2D eigenvalue weighted by molar-refractivity contribution is -0.143. The molecule has 0 saturated carbocycles. The van der Waals surface area contributed by atoms with Crippen molar-refractivity contribution >= 4 is 24.1 Å². The Labute approximate surface area is 206 Å². The van der Waals surface area contributed by atoms with E-state index in [1.165, 1.54) is 13.2 Å². The Kier molecular flexibility index (Phi) is 12.8. The molecule has 1 aromatic rings. The number of carbonyl (C=O) groups excluding carboxylic acids is 4.